The van der Waals surface area contributed by atoms with Gasteiger partial charge in [0.25, 0.3) is 0 Å². The number of carbonyl (C=O) groups excluding carboxylic acids is 1. The number of ether oxygens (including phenoxy) is 1. The number of aryl methyl sites for hydroxylation is 1. The highest BCUT2D eigenvalue weighted by atomic mass is 35.5. The lowest BCUT2D eigenvalue weighted by Gasteiger charge is -2.27. The van der Waals surface area contributed by atoms with E-state index in [1.165, 1.54) is 7.11 Å². The number of nitrogens with two attached hydrogens (primary N) is 1. The molecule has 4 aromatic rings. The van der Waals surface area contributed by atoms with Crippen LogP contribution in [0.1, 0.15) is 36.8 Å². The standard InChI is InChI=1S/C25H28ClN7O2S/c1-3-4-9-20-28-22(26)21(25(27,15-36)24(34)35-2)33(20)14-16-10-12-17(13-11-16)18-7-5-6-8-19(18)23-29-31-32-30-23/h5-8,10-13,36H,3-4,9,14-15,27H2,1-2H3,(H,29,30,31,32)/t25-/m1/s1. The van der Waals surface area contributed by atoms with Crippen LogP contribution in [0.5, 0.6) is 0 Å². The minimum Gasteiger partial charge on any atom is -0.467 e. The highest BCUT2D eigenvalue weighted by Crippen LogP contribution is 2.33. The molecule has 2 aromatic carbocycles. The van der Waals surface area contributed by atoms with Gasteiger partial charge < -0.3 is 15.0 Å². The van der Waals surface area contributed by atoms with Crippen molar-refractivity contribution in [3.05, 3.63) is 70.8 Å². The number of methoxy groups -OCH3 is 1. The van der Waals surface area contributed by atoms with Crippen LogP contribution in [0.15, 0.2) is 48.5 Å². The molecule has 0 bridgehead atoms. The van der Waals surface area contributed by atoms with Gasteiger partial charge in [-0.1, -0.05) is 73.5 Å². The number of unbranched alkanes of at least 4 members (excludes halogenated alkanes) is 1. The smallest absolute Gasteiger partial charge is 0.333 e. The summed E-state index contributed by atoms with van der Waals surface area (Å²) in [5.74, 6) is 0.700. The molecule has 0 amide bonds. The van der Waals surface area contributed by atoms with Crippen molar-refractivity contribution in [2.45, 2.75) is 38.3 Å². The lowest BCUT2D eigenvalue weighted by atomic mass is 9.97. The highest BCUT2D eigenvalue weighted by molar-refractivity contribution is 7.80. The number of nitrogens with one attached hydrogen (secondary N) is 1. The van der Waals surface area contributed by atoms with Crippen molar-refractivity contribution in [2.24, 2.45) is 5.73 Å². The predicted molar refractivity (Wildman–Crippen MR) is 142 cm³/mol. The number of H-pyrrole nitrogens is 1. The van der Waals surface area contributed by atoms with Crippen molar-refractivity contribution < 1.29 is 9.53 Å². The highest BCUT2D eigenvalue weighted by Gasteiger charge is 2.42. The number of carbonyl (C=O) groups is 1. The molecule has 0 saturated heterocycles. The van der Waals surface area contributed by atoms with E-state index in [0.29, 0.717) is 24.5 Å². The number of tetrazole rings is 1. The Labute approximate surface area is 219 Å². The molecule has 2 heterocycles. The molecule has 0 radical (unpaired) electrons. The van der Waals surface area contributed by atoms with Gasteiger partial charge in [0.2, 0.25) is 5.82 Å². The van der Waals surface area contributed by atoms with Crippen molar-refractivity contribution in [2.75, 3.05) is 12.9 Å². The van der Waals surface area contributed by atoms with Gasteiger partial charge in [-0.2, -0.15) is 17.8 Å². The van der Waals surface area contributed by atoms with E-state index in [2.05, 4.69) is 45.2 Å². The number of rotatable bonds is 10. The number of aromatic amines is 1. The van der Waals surface area contributed by atoms with Crippen molar-refractivity contribution in [1.29, 1.82) is 0 Å². The van der Waals surface area contributed by atoms with Crippen LogP contribution in [0.3, 0.4) is 0 Å². The quantitative estimate of drug-likeness (QED) is 0.211. The topological polar surface area (TPSA) is 125 Å². The van der Waals surface area contributed by atoms with E-state index in [1.54, 1.807) is 0 Å². The molecule has 0 unspecified atom stereocenters. The summed E-state index contributed by atoms with van der Waals surface area (Å²) in [7, 11) is 1.30. The first-order valence-electron chi connectivity index (χ1n) is 11.6. The lowest BCUT2D eigenvalue weighted by Crippen LogP contribution is -2.49. The summed E-state index contributed by atoms with van der Waals surface area (Å²) in [5, 5.41) is 14.6. The van der Waals surface area contributed by atoms with Crippen LogP contribution in [0, 0.1) is 0 Å². The molecule has 0 aliphatic heterocycles. The average molecular weight is 526 g/mol. The summed E-state index contributed by atoms with van der Waals surface area (Å²) in [6.45, 7) is 2.54. The Balaban J connectivity index is 1.71. The zero-order valence-corrected chi connectivity index (χ0v) is 21.8. The summed E-state index contributed by atoms with van der Waals surface area (Å²) < 4.78 is 6.91. The molecule has 36 heavy (non-hydrogen) atoms. The maximum absolute atomic E-state index is 12.7. The number of thiol groups is 1. The molecule has 0 saturated carbocycles. The molecule has 0 aliphatic carbocycles. The molecule has 188 valence electrons. The normalized spacial score (nSPS) is 12.9. The van der Waals surface area contributed by atoms with Gasteiger partial charge >= 0.3 is 5.97 Å². The van der Waals surface area contributed by atoms with Gasteiger partial charge in [-0.15, -0.1) is 10.2 Å². The largest absolute Gasteiger partial charge is 0.467 e. The zero-order chi connectivity index (χ0) is 25.7. The molecular formula is C25H28ClN7O2S. The Kier molecular flexibility index (Phi) is 8.07. The van der Waals surface area contributed by atoms with Crippen molar-refractivity contribution >= 4 is 30.2 Å². The SMILES string of the molecule is CCCCc1nc(Cl)c([C@](N)(CS)C(=O)OC)n1Cc1ccc(-c2ccccc2-c2nn[nH]n2)cc1. The minimum absolute atomic E-state index is 0.0180. The Hall–Kier alpha value is -3.21. The first-order valence-corrected chi connectivity index (χ1v) is 12.6. The number of hydrogen-bond acceptors (Lipinski definition) is 8. The maximum Gasteiger partial charge on any atom is 0.333 e. The van der Waals surface area contributed by atoms with E-state index in [9.17, 15) is 4.79 Å². The first kappa shape index (κ1) is 25.9. The fourth-order valence-corrected chi connectivity index (χ4v) is 4.83. The summed E-state index contributed by atoms with van der Waals surface area (Å²) in [5.41, 5.74) is 9.26. The number of imidazole rings is 1. The molecule has 1 atom stereocenters. The van der Waals surface area contributed by atoms with Crippen LogP contribution in [0.4, 0.5) is 0 Å². The van der Waals surface area contributed by atoms with E-state index in [4.69, 9.17) is 22.1 Å². The molecule has 3 N–H and O–H groups in total. The number of esters is 1. The Morgan fingerprint density at radius 3 is 2.53 bits per heavy atom. The second-order valence-corrected chi connectivity index (χ2v) is 9.13. The Morgan fingerprint density at radius 2 is 1.92 bits per heavy atom. The Morgan fingerprint density at radius 1 is 1.19 bits per heavy atom. The van der Waals surface area contributed by atoms with Gasteiger partial charge in [-0.3, -0.25) is 0 Å². The van der Waals surface area contributed by atoms with Gasteiger partial charge in [0.1, 0.15) is 5.82 Å². The van der Waals surface area contributed by atoms with Crippen LogP contribution >= 0.6 is 24.2 Å². The van der Waals surface area contributed by atoms with Crippen LogP contribution in [-0.4, -0.2) is 49.0 Å². The van der Waals surface area contributed by atoms with Crippen LogP contribution in [-0.2, 0) is 28.0 Å². The summed E-state index contributed by atoms with van der Waals surface area (Å²) in [6, 6.07) is 16.0. The van der Waals surface area contributed by atoms with Crippen molar-refractivity contribution in [1.82, 2.24) is 30.2 Å². The molecule has 0 spiro atoms. The van der Waals surface area contributed by atoms with E-state index in [-0.39, 0.29) is 10.9 Å². The van der Waals surface area contributed by atoms with E-state index in [1.807, 2.05) is 53.1 Å². The Bertz CT molecular complexity index is 1320. The number of halogens is 1. The fourth-order valence-electron chi connectivity index (χ4n) is 4.18. The third-order valence-electron chi connectivity index (χ3n) is 6.10. The summed E-state index contributed by atoms with van der Waals surface area (Å²) in [6.07, 6.45) is 2.62. The van der Waals surface area contributed by atoms with E-state index < -0.39 is 11.5 Å². The molecule has 4 rings (SSSR count). The van der Waals surface area contributed by atoms with Gasteiger partial charge in [-0.05, 0) is 28.3 Å². The number of hydrogen-bond donors (Lipinski definition) is 3. The maximum atomic E-state index is 12.7. The molecular weight excluding hydrogens is 498 g/mol. The first-order chi connectivity index (χ1) is 17.4. The third-order valence-corrected chi connectivity index (χ3v) is 6.86. The second-order valence-electron chi connectivity index (χ2n) is 8.46. The third kappa shape index (κ3) is 5.02. The summed E-state index contributed by atoms with van der Waals surface area (Å²) >= 11 is 10.9. The molecule has 11 heteroatoms. The van der Waals surface area contributed by atoms with Gasteiger partial charge in [-0.25, -0.2) is 9.78 Å². The number of benzene rings is 2. The van der Waals surface area contributed by atoms with Crippen molar-refractivity contribution in [3.63, 3.8) is 0 Å². The van der Waals surface area contributed by atoms with Crippen LogP contribution < -0.4 is 5.73 Å². The fraction of sp³-hybridized carbons (Fsp3) is 0.320. The average Bonchev–Trinajstić information content (AvgIpc) is 3.55. The zero-order valence-electron chi connectivity index (χ0n) is 20.1. The second kappa shape index (κ2) is 11.2. The van der Waals surface area contributed by atoms with Crippen LogP contribution in [0.2, 0.25) is 5.15 Å². The van der Waals surface area contributed by atoms with E-state index in [0.717, 1.165) is 40.9 Å². The lowest BCUT2D eigenvalue weighted by molar-refractivity contribution is -0.146. The molecule has 0 aliphatic rings. The van der Waals surface area contributed by atoms with Crippen molar-refractivity contribution in [3.8, 4) is 22.5 Å². The molecule has 2 aromatic heterocycles. The monoisotopic (exact) mass is 525 g/mol. The summed E-state index contributed by atoms with van der Waals surface area (Å²) in [4.78, 5) is 17.2. The molecule has 9 nitrogen and oxygen atoms in total. The number of aromatic nitrogens is 6. The van der Waals surface area contributed by atoms with Crippen LogP contribution in [0.25, 0.3) is 22.5 Å². The predicted octanol–water partition coefficient (Wildman–Crippen LogP) is 4.03. The van der Waals surface area contributed by atoms with E-state index >= 15 is 0 Å². The van der Waals surface area contributed by atoms with Gasteiger partial charge in [0, 0.05) is 24.3 Å². The number of nitrogens with zero attached hydrogens (tertiary/aromatic N) is 5. The van der Waals surface area contributed by atoms with Gasteiger partial charge in [0.05, 0.1) is 12.8 Å². The minimum atomic E-state index is -1.53. The molecule has 0 fully saturated rings. The van der Waals surface area contributed by atoms with Gasteiger partial charge in [0.15, 0.2) is 10.7 Å².